The summed E-state index contributed by atoms with van der Waals surface area (Å²) in [6.45, 7) is 1.04. The van der Waals surface area contributed by atoms with E-state index in [9.17, 15) is 14.4 Å². The molecule has 3 N–H and O–H groups in total. The van der Waals surface area contributed by atoms with Crippen molar-refractivity contribution < 1.29 is 23.9 Å². The number of thiophene rings is 1. The van der Waals surface area contributed by atoms with E-state index in [0.717, 1.165) is 11.3 Å². The maximum absolute atomic E-state index is 11.8. The van der Waals surface area contributed by atoms with Crippen LogP contribution in [0.15, 0.2) is 41.8 Å². The third-order valence-electron chi connectivity index (χ3n) is 2.92. The molecule has 1 atom stereocenters. The zero-order chi connectivity index (χ0) is 17.5. The van der Waals surface area contributed by atoms with Gasteiger partial charge in [0, 0.05) is 0 Å². The van der Waals surface area contributed by atoms with Crippen molar-refractivity contribution in [3.8, 4) is 5.75 Å². The van der Waals surface area contributed by atoms with Crippen LogP contribution in [0.1, 0.15) is 17.3 Å². The van der Waals surface area contributed by atoms with E-state index in [1.165, 1.54) is 13.0 Å². The van der Waals surface area contributed by atoms with Gasteiger partial charge in [-0.15, -0.1) is 11.3 Å². The number of esters is 1. The first-order valence-corrected chi connectivity index (χ1v) is 7.91. The highest BCUT2D eigenvalue weighted by Crippen LogP contribution is 2.22. The number of ether oxygens (including phenoxy) is 2. The largest absolute Gasteiger partial charge is 0.479 e. The molecule has 24 heavy (non-hydrogen) atoms. The van der Waals surface area contributed by atoms with E-state index in [0.29, 0.717) is 10.8 Å². The van der Waals surface area contributed by atoms with E-state index in [1.54, 1.807) is 29.6 Å². The molecule has 0 aliphatic rings. The number of benzene rings is 1. The Bertz CT molecular complexity index is 729. The summed E-state index contributed by atoms with van der Waals surface area (Å²) in [6, 6.07) is 10.3. The number of nitrogens with two attached hydrogens (primary N) is 1. The summed E-state index contributed by atoms with van der Waals surface area (Å²) in [6.07, 6.45) is -0.858. The minimum absolute atomic E-state index is 0.209. The first-order chi connectivity index (χ1) is 11.5. The van der Waals surface area contributed by atoms with Gasteiger partial charge in [-0.1, -0.05) is 18.2 Å². The number of para-hydroxylation sites is 1. The highest BCUT2D eigenvalue weighted by Gasteiger charge is 2.19. The number of hydrogen-bond acceptors (Lipinski definition) is 6. The van der Waals surface area contributed by atoms with Gasteiger partial charge in [0.1, 0.15) is 10.8 Å². The zero-order valence-electron chi connectivity index (χ0n) is 12.9. The monoisotopic (exact) mass is 348 g/mol. The fourth-order valence-electron chi connectivity index (χ4n) is 1.77. The van der Waals surface area contributed by atoms with Crippen molar-refractivity contribution in [3.05, 3.63) is 47.3 Å². The van der Waals surface area contributed by atoms with Crippen molar-refractivity contribution in [3.63, 3.8) is 0 Å². The average molecular weight is 348 g/mol. The first kappa shape index (κ1) is 17.5. The standard InChI is InChI=1S/C16H16N2O5S/c1-10(23-11-5-3-2-4-6-11)16(21)22-9-13(19)18-15-12(14(17)20)7-8-24-15/h2-8,10H,9H2,1H3,(H2,17,20)(H,18,19)/t10-/m0/s1. The normalized spacial score (nSPS) is 11.4. The summed E-state index contributed by atoms with van der Waals surface area (Å²) in [5, 5.41) is 4.42. The number of anilines is 1. The van der Waals surface area contributed by atoms with Gasteiger partial charge >= 0.3 is 5.97 Å². The van der Waals surface area contributed by atoms with Crippen LogP contribution >= 0.6 is 11.3 Å². The molecule has 2 aromatic rings. The van der Waals surface area contributed by atoms with Crippen molar-refractivity contribution in [2.75, 3.05) is 11.9 Å². The summed E-state index contributed by atoms with van der Waals surface area (Å²) in [4.78, 5) is 34.8. The number of hydrogen-bond donors (Lipinski definition) is 2. The van der Waals surface area contributed by atoms with E-state index in [1.807, 2.05) is 6.07 Å². The van der Waals surface area contributed by atoms with Crippen LogP contribution in [-0.2, 0) is 14.3 Å². The summed E-state index contributed by atoms with van der Waals surface area (Å²) in [5.41, 5.74) is 5.39. The molecule has 8 heteroatoms. The second kappa shape index (κ2) is 8.11. The second-order valence-electron chi connectivity index (χ2n) is 4.76. The molecule has 2 amide bonds. The van der Waals surface area contributed by atoms with Gasteiger partial charge in [0.2, 0.25) is 0 Å². The Kier molecular flexibility index (Phi) is 5.91. The number of carbonyl (C=O) groups excluding carboxylic acids is 3. The molecule has 126 valence electrons. The Morgan fingerprint density at radius 2 is 1.92 bits per heavy atom. The molecular weight excluding hydrogens is 332 g/mol. The topological polar surface area (TPSA) is 108 Å². The maximum Gasteiger partial charge on any atom is 0.347 e. The molecule has 0 saturated heterocycles. The molecule has 2 rings (SSSR count). The highest BCUT2D eigenvalue weighted by molar-refractivity contribution is 7.14. The molecule has 0 saturated carbocycles. The van der Waals surface area contributed by atoms with Crippen LogP contribution in [0.25, 0.3) is 0 Å². The van der Waals surface area contributed by atoms with Crippen molar-refractivity contribution in [2.45, 2.75) is 13.0 Å². The molecule has 0 radical (unpaired) electrons. The van der Waals surface area contributed by atoms with Crippen LogP contribution in [0.3, 0.4) is 0 Å². The van der Waals surface area contributed by atoms with Crippen LogP contribution in [0.4, 0.5) is 5.00 Å². The third kappa shape index (κ3) is 4.82. The van der Waals surface area contributed by atoms with E-state index in [2.05, 4.69) is 5.32 Å². The van der Waals surface area contributed by atoms with E-state index < -0.39 is 30.5 Å². The zero-order valence-corrected chi connectivity index (χ0v) is 13.7. The van der Waals surface area contributed by atoms with Crippen LogP contribution in [0.5, 0.6) is 5.75 Å². The molecule has 7 nitrogen and oxygen atoms in total. The van der Waals surface area contributed by atoms with Gasteiger partial charge in [-0.2, -0.15) is 0 Å². The first-order valence-electron chi connectivity index (χ1n) is 7.03. The fourth-order valence-corrected chi connectivity index (χ4v) is 2.58. The lowest BCUT2D eigenvalue weighted by Gasteiger charge is -2.13. The highest BCUT2D eigenvalue weighted by atomic mass is 32.1. The van der Waals surface area contributed by atoms with Gasteiger partial charge in [0.15, 0.2) is 12.7 Å². The van der Waals surface area contributed by atoms with Gasteiger partial charge in [-0.05, 0) is 30.5 Å². The summed E-state index contributed by atoms with van der Waals surface area (Å²) >= 11 is 1.15. The molecule has 1 aromatic carbocycles. The van der Waals surface area contributed by atoms with Gasteiger partial charge < -0.3 is 20.5 Å². The molecule has 0 spiro atoms. The predicted octanol–water partition coefficient (Wildman–Crippen LogP) is 1.80. The van der Waals surface area contributed by atoms with Gasteiger partial charge in [0.25, 0.3) is 11.8 Å². The smallest absolute Gasteiger partial charge is 0.347 e. The summed E-state index contributed by atoms with van der Waals surface area (Å²) in [5.74, 6) is -1.36. The fraction of sp³-hybridized carbons (Fsp3) is 0.188. The molecule has 0 fully saturated rings. The molecule has 0 aliphatic heterocycles. The number of primary amides is 1. The molecule has 0 unspecified atom stereocenters. The molecule has 0 aliphatic carbocycles. The summed E-state index contributed by atoms with van der Waals surface area (Å²) in [7, 11) is 0. The van der Waals surface area contributed by atoms with Gasteiger partial charge in [-0.25, -0.2) is 4.79 Å². The van der Waals surface area contributed by atoms with Gasteiger partial charge in [-0.3, -0.25) is 9.59 Å². The van der Waals surface area contributed by atoms with Crippen LogP contribution in [-0.4, -0.2) is 30.5 Å². The SMILES string of the molecule is C[C@H](Oc1ccccc1)C(=O)OCC(=O)Nc1sccc1C(N)=O. The predicted molar refractivity (Wildman–Crippen MR) is 89.0 cm³/mol. The maximum atomic E-state index is 11.8. The van der Waals surface area contributed by atoms with Gasteiger partial charge in [0.05, 0.1) is 5.56 Å². The second-order valence-corrected chi connectivity index (χ2v) is 5.67. The number of carbonyl (C=O) groups is 3. The Labute approximate surface area is 142 Å². The van der Waals surface area contributed by atoms with Crippen molar-refractivity contribution in [1.82, 2.24) is 0 Å². The van der Waals surface area contributed by atoms with Crippen molar-refractivity contribution in [2.24, 2.45) is 5.73 Å². The molecule has 1 aromatic heterocycles. The van der Waals surface area contributed by atoms with Crippen molar-refractivity contribution >= 4 is 34.1 Å². The number of rotatable bonds is 7. The lowest BCUT2D eigenvalue weighted by Crippen LogP contribution is -2.30. The van der Waals surface area contributed by atoms with E-state index in [4.69, 9.17) is 15.2 Å². The number of amides is 2. The average Bonchev–Trinajstić information content (AvgIpc) is 3.01. The third-order valence-corrected chi connectivity index (χ3v) is 3.75. The Balaban J connectivity index is 1.81. The summed E-state index contributed by atoms with van der Waals surface area (Å²) < 4.78 is 10.3. The quantitative estimate of drug-likeness (QED) is 0.742. The Hall–Kier alpha value is -2.87. The van der Waals surface area contributed by atoms with Crippen LogP contribution in [0, 0.1) is 0 Å². The number of nitrogens with one attached hydrogen (secondary N) is 1. The van der Waals surface area contributed by atoms with E-state index in [-0.39, 0.29) is 5.56 Å². The Morgan fingerprint density at radius 3 is 2.58 bits per heavy atom. The van der Waals surface area contributed by atoms with E-state index >= 15 is 0 Å². The van der Waals surface area contributed by atoms with Crippen LogP contribution in [0.2, 0.25) is 0 Å². The minimum atomic E-state index is -0.858. The van der Waals surface area contributed by atoms with Crippen molar-refractivity contribution in [1.29, 1.82) is 0 Å². The van der Waals surface area contributed by atoms with Crippen LogP contribution < -0.4 is 15.8 Å². The Morgan fingerprint density at radius 1 is 1.21 bits per heavy atom. The molecular formula is C16H16N2O5S. The lowest BCUT2D eigenvalue weighted by atomic mass is 10.3. The minimum Gasteiger partial charge on any atom is -0.479 e. The molecule has 1 heterocycles. The lowest BCUT2D eigenvalue weighted by molar-refractivity contribution is -0.153. The molecule has 0 bridgehead atoms.